The van der Waals surface area contributed by atoms with E-state index in [1.807, 2.05) is 24.0 Å². The van der Waals surface area contributed by atoms with E-state index < -0.39 is 0 Å². The Bertz CT molecular complexity index is 499. The van der Waals surface area contributed by atoms with E-state index >= 15 is 0 Å². The van der Waals surface area contributed by atoms with E-state index in [1.54, 1.807) is 23.1 Å². The van der Waals surface area contributed by atoms with Crippen LogP contribution < -0.4 is 0 Å². The van der Waals surface area contributed by atoms with Gasteiger partial charge in [0.1, 0.15) is 0 Å². The van der Waals surface area contributed by atoms with Crippen molar-refractivity contribution in [3.63, 3.8) is 0 Å². The molecule has 0 N–H and O–H groups in total. The SMILES string of the molecule is COC(=O)c1ccn(Cc2cnn(C)c2)c1. The van der Waals surface area contributed by atoms with Crippen molar-refractivity contribution in [2.24, 2.45) is 7.05 Å². The molecule has 0 fully saturated rings. The normalized spacial score (nSPS) is 10.4. The largest absolute Gasteiger partial charge is 0.465 e. The number of carbonyl (C=O) groups excluding carboxylic acids is 1. The number of esters is 1. The Morgan fingerprint density at radius 2 is 2.31 bits per heavy atom. The smallest absolute Gasteiger partial charge is 0.339 e. The summed E-state index contributed by atoms with van der Waals surface area (Å²) < 4.78 is 8.31. The monoisotopic (exact) mass is 219 g/mol. The number of hydrogen-bond acceptors (Lipinski definition) is 3. The Morgan fingerprint density at radius 1 is 1.50 bits per heavy atom. The van der Waals surface area contributed by atoms with Crippen molar-refractivity contribution >= 4 is 5.97 Å². The summed E-state index contributed by atoms with van der Waals surface area (Å²) >= 11 is 0. The summed E-state index contributed by atoms with van der Waals surface area (Å²) in [4.78, 5) is 11.2. The Hall–Kier alpha value is -2.04. The molecule has 0 aliphatic carbocycles. The zero-order valence-corrected chi connectivity index (χ0v) is 9.25. The molecular formula is C11H13N3O2. The second kappa shape index (κ2) is 4.22. The van der Waals surface area contributed by atoms with E-state index in [0.717, 1.165) is 5.56 Å². The van der Waals surface area contributed by atoms with Crippen molar-refractivity contribution in [2.45, 2.75) is 6.54 Å². The summed E-state index contributed by atoms with van der Waals surface area (Å²) in [6.45, 7) is 0.699. The summed E-state index contributed by atoms with van der Waals surface area (Å²) in [5.74, 6) is -0.315. The maximum absolute atomic E-state index is 11.2. The first-order valence-electron chi connectivity index (χ1n) is 4.90. The first kappa shape index (κ1) is 10.5. The highest BCUT2D eigenvalue weighted by molar-refractivity contribution is 5.89. The molecule has 0 aromatic carbocycles. The molecule has 0 saturated carbocycles. The number of hydrogen-bond donors (Lipinski definition) is 0. The summed E-state index contributed by atoms with van der Waals surface area (Å²) in [5, 5.41) is 4.08. The number of methoxy groups -OCH3 is 1. The Kier molecular flexibility index (Phi) is 2.76. The third-order valence-corrected chi connectivity index (χ3v) is 2.30. The van der Waals surface area contributed by atoms with Gasteiger partial charge in [0.2, 0.25) is 0 Å². The molecule has 5 heteroatoms. The molecule has 0 aliphatic rings. The van der Waals surface area contributed by atoms with Crippen molar-refractivity contribution in [3.05, 3.63) is 42.0 Å². The molecule has 0 bridgehead atoms. The molecule has 0 saturated heterocycles. The molecule has 2 aromatic rings. The zero-order chi connectivity index (χ0) is 11.5. The molecule has 2 heterocycles. The van der Waals surface area contributed by atoms with Gasteiger partial charge in [-0.05, 0) is 6.07 Å². The highest BCUT2D eigenvalue weighted by atomic mass is 16.5. The molecule has 84 valence electrons. The standard InChI is InChI=1S/C11H13N3O2/c1-13-6-9(5-12-13)7-14-4-3-10(8-14)11(15)16-2/h3-6,8H,7H2,1-2H3. The van der Waals surface area contributed by atoms with Gasteiger partial charge in [-0.1, -0.05) is 0 Å². The van der Waals surface area contributed by atoms with Gasteiger partial charge in [-0.25, -0.2) is 4.79 Å². The van der Waals surface area contributed by atoms with Crippen molar-refractivity contribution in [3.8, 4) is 0 Å². The Morgan fingerprint density at radius 3 is 2.94 bits per heavy atom. The van der Waals surface area contributed by atoms with Crippen LogP contribution in [0.4, 0.5) is 0 Å². The van der Waals surface area contributed by atoms with Gasteiger partial charge in [-0.15, -0.1) is 0 Å². The van der Waals surface area contributed by atoms with Crippen LogP contribution in [0.3, 0.4) is 0 Å². The van der Waals surface area contributed by atoms with E-state index in [2.05, 4.69) is 9.84 Å². The van der Waals surface area contributed by atoms with Gasteiger partial charge in [0.25, 0.3) is 0 Å². The number of nitrogens with zero attached hydrogens (tertiary/aromatic N) is 3. The Balaban J connectivity index is 2.11. The van der Waals surface area contributed by atoms with E-state index in [0.29, 0.717) is 12.1 Å². The van der Waals surface area contributed by atoms with E-state index in [-0.39, 0.29) is 5.97 Å². The highest BCUT2D eigenvalue weighted by Crippen LogP contribution is 2.06. The molecule has 16 heavy (non-hydrogen) atoms. The molecule has 0 atom stereocenters. The van der Waals surface area contributed by atoms with Crippen molar-refractivity contribution in [1.82, 2.24) is 14.3 Å². The lowest BCUT2D eigenvalue weighted by molar-refractivity contribution is 0.0600. The molecule has 0 radical (unpaired) electrons. The van der Waals surface area contributed by atoms with Crippen LogP contribution in [0.25, 0.3) is 0 Å². The van der Waals surface area contributed by atoms with Gasteiger partial charge in [0.15, 0.2) is 0 Å². The predicted molar refractivity (Wildman–Crippen MR) is 58.1 cm³/mol. The van der Waals surface area contributed by atoms with Gasteiger partial charge < -0.3 is 9.30 Å². The summed E-state index contributed by atoms with van der Waals surface area (Å²) in [5.41, 5.74) is 1.65. The highest BCUT2D eigenvalue weighted by Gasteiger charge is 2.07. The molecule has 0 spiro atoms. The van der Waals surface area contributed by atoms with Crippen LogP contribution in [0.2, 0.25) is 0 Å². The first-order valence-corrected chi connectivity index (χ1v) is 4.90. The summed E-state index contributed by atoms with van der Waals surface area (Å²) in [6.07, 6.45) is 7.35. The van der Waals surface area contributed by atoms with Crippen LogP contribution in [-0.2, 0) is 18.3 Å². The molecule has 0 amide bonds. The lowest BCUT2D eigenvalue weighted by Crippen LogP contribution is -2.00. The van der Waals surface area contributed by atoms with E-state index in [1.165, 1.54) is 7.11 Å². The molecule has 2 rings (SSSR count). The van der Waals surface area contributed by atoms with Crippen molar-refractivity contribution in [1.29, 1.82) is 0 Å². The lowest BCUT2D eigenvalue weighted by atomic mass is 10.3. The maximum atomic E-state index is 11.2. The number of ether oxygens (including phenoxy) is 1. The summed E-state index contributed by atoms with van der Waals surface area (Å²) in [6, 6.07) is 1.74. The van der Waals surface area contributed by atoms with Gasteiger partial charge >= 0.3 is 5.97 Å². The minimum atomic E-state index is -0.315. The molecular weight excluding hydrogens is 206 g/mol. The van der Waals surface area contributed by atoms with Crippen LogP contribution in [0.1, 0.15) is 15.9 Å². The third-order valence-electron chi connectivity index (χ3n) is 2.30. The molecule has 2 aromatic heterocycles. The lowest BCUT2D eigenvalue weighted by Gasteiger charge is -1.98. The topological polar surface area (TPSA) is 49.1 Å². The minimum Gasteiger partial charge on any atom is -0.465 e. The Labute approximate surface area is 93.2 Å². The third kappa shape index (κ3) is 2.13. The fraction of sp³-hybridized carbons (Fsp3) is 0.273. The number of carbonyl (C=O) groups is 1. The summed E-state index contributed by atoms with van der Waals surface area (Å²) in [7, 11) is 3.25. The number of aryl methyl sites for hydroxylation is 1. The average molecular weight is 219 g/mol. The van der Waals surface area contributed by atoms with Crippen molar-refractivity contribution < 1.29 is 9.53 Å². The first-order chi connectivity index (χ1) is 7.69. The van der Waals surface area contributed by atoms with Crippen LogP contribution in [0.15, 0.2) is 30.9 Å². The van der Waals surface area contributed by atoms with Crippen molar-refractivity contribution in [2.75, 3.05) is 7.11 Å². The van der Waals surface area contributed by atoms with E-state index in [4.69, 9.17) is 0 Å². The van der Waals surface area contributed by atoms with Crippen LogP contribution in [0, 0.1) is 0 Å². The minimum absolute atomic E-state index is 0.315. The van der Waals surface area contributed by atoms with Crippen LogP contribution >= 0.6 is 0 Å². The molecule has 5 nitrogen and oxygen atoms in total. The maximum Gasteiger partial charge on any atom is 0.339 e. The second-order valence-corrected chi connectivity index (χ2v) is 3.59. The number of rotatable bonds is 3. The van der Waals surface area contributed by atoms with Gasteiger partial charge in [-0.2, -0.15) is 5.10 Å². The predicted octanol–water partition coefficient (Wildman–Crippen LogP) is 1.06. The average Bonchev–Trinajstić information content (AvgIpc) is 2.87. The van der Waals surface area contributed by atoms with Gasteiger partial charge in [0, 0.05) is 31.2 Å². The second-order valence-electron chi connectivity index (χ2n) is 3.59. The quantitative estimate of drug-likeness (QED) is 0.725. The van der Waals surface area contributed by atoms with Crippen LogP contribution in [-0.4, -0.2) is 27.4 Å². The van der Waals surface area contributed by atoms with Gasteiger partial charge in [-0.3, -0.25) is 4.68 Å². The fourth-order valence-corrected chi connectivity index (χ4v) is 1.54. The zero-order valence-electron chi connectivity index (χ0n) is 9.25. The fourth-order valence-electron chi connectivity index (χ4n) is 1.54. The van der Waals surface area contributed by atoms with Gasteiger partial charge in [0.05, 0.1) is 25.4 Å². The molecule has 0 aliphatic heterocycles. The van der Waals surface area contributed by atoms with Crippen LogP contribution in [0.5, 0.6) is 0 Å². The van der Waals surface area contributed by atoms with E-state index in [9.17, 15) is 4.79 Å². The molecule has 0 unspecified atom stereocenters. The number of aromatic nitrogens is 3.